The molecule has 0 fully saturated rings. The molecule has 2 rings (SSSR count). The maximum absolute atomic E-state index is 13.0. The Kier molecular flexibility index (Phi) is 3.91. The van der Waals surface area contributed by atoms with E-state index in [1.807, 2.05) is 4.72 Å². The molecule has 0 aliphatic carbocycles. The van der Waals surface area contributed by atoms with E-state index in [0.717, 1.165) is 30.3 Å². The molecule has 0 unspecified atom stereocenters. The monoisotopic (exact) mass is 319 g/mol. The van der Waals surface area contributed by atoms with E-state index in [4.69, 9.17) is 0 Å². The summed E-state index contributed by atoms with van der Waals surface area (Å²) in [5, 5.41) is 0. The smallest absolute Gasteiger partial charge is 0.280 e. The van der Waals surface area contributed by atoms with Gasteiger partial charge in [0.2, 0.25) is 0 Å². The van der Waals surface area contributed by atoms with Crippen LogP contribution in [0.1, 0.15) is 5.56 Å². The van der Waals surface area contributed by atoms with Crippen LogP contribution in [-0.2, 0) is 16.2 Å². The molecule has 0 aliphatic heterocycles. The van der Waals surface area contributed by atoms with Gasteiger partial charge in [0.1, 0.15) is 5.82 Å². The van der Waals surface area contributed by atoms with Gasteiger partial charge in [-0.15, -0.1) is 0 Å². The number of anilines is 1. The molecule has 0 saturated heterocycles. The minimum atomic E-state index is -4.58. The van der Waals surface area contributed by atoms with Gasteiger partial charge in [0, 0.05) is 5.69 Å². The van der Waals surface area contributed by atoms with E-state index in [1.54, 1.807) is 0 Å². The van der Waals surface area contributed by atoms with Gasteiger partial charge in [-0.1, -0.05) is 12.1 Å². The van der Waals surface area contributed by atoms with Crippen molar-refractivity contribution in [3.8, 4) is 0 Å². The van der Waals surface area contributed by atoms with E-state index in [1.165, 1.54) is 12.1 Å². The highest BCUT2D eigenvalue weighted by Crippen LogP contribution is 2.31. The van der Waals surface area contributed by atoms with Gasteiger partial charge in [0.15, 0.2) is 0 Å². The molecule has 21 heavy (non-hydrogen) atoms. The molecule has 0 spiro atoms. The molecule has 2 aromatic rings. The van der Waals surface area contributed by atoms with E-state index < -0.39 is 27.6 Å². The number of benzene rings is 2. The largest absolute Gasteiger partial charge is 0.416 e. The predicted molar refractivity (Wildman–Crippen MR) is 68.7 cm³/mol. The third kappa shape index (κ3) is 3.72. The second kappa shape index (κ2) is 5.36. The van der Waals surface area contributed by atoms with E-state index >= 15 is 0 Å². The number of sulfonamides is 1. The summed E-state index contributed by atoms with van der Waals surface area (Å²) in [6, 6.07) is 7.89. The van der Waals surface area contributed by atoms with Crippen molar-refractivity contribution in [2.24, 2.45) is 0 Å². The average molecular weight is 319 g/mol. The molecule has 3 nitrogen and oxygen atoms in total. The lowest BCUT2D eigenvalue weighted by Gasteiger charge is -2.11. The van der Waals surface area contributed by atoms with E-state index in [9.17, 15) is 26.0 Å². The molecule has 8 heteroatoms. The lowest BCUT2D eigenvalue weighted by atomic mass is 10.2. The van der Waals surface area contributed by atoms with Gasteiger partial charge < -0.3 is 0 Å². The second-order valence-corrected chi connectivity index (χ2v) is 5.82. The van der Waals surface area contributed by atoms with E-state index in [2.05, 4.69) is 0 Å². The Hall–Kier alpha value is -2.09. The van der Waals surface area contributed by atoms with E-state index in [-0.39, 0.29) is 10.6 Å². The fraction of sp³-hybridized carbons (Fsp3) is 0.0769. The summed E-state index contributed by atoms with van der Waals surface area (Å²) in [5.74, 6) is -0.762. The van der Waals surface area contributed by atoms with Gasteiger partial charge in [-0.25, -0.2) is 12.8 Å². The summed E-state index contributed by atoms with van der Waals surface area (Å²) in [5.41, 5.74) is -1.24. The minimum absolute atomic E-state index is 0.255. The van der Waals surface area contributed by atoms with Crippen molar-refractivity contribution in [1.82, 2.24) is 0 Å². The molecule has 0 aromatic heterocycles. The topological polar surface area (TPSA) is 46.2 Å². The first kappa shape index (κ1) is 15.3. The van der Waals surface area contributed by atoms with Crippen LogP contribution in [0.2, 0.25) is 0 Å². The van der Waals surface area contributed by atoms with Gasteiger partial charge in [0.25, 0.3) is 10.0 Å². The third-order valence-corrected chi connectivity index (χ3v) is 3.93. The quantitative estimate of drug-likeness (QED) is 0.878. The summed E-state index contributed by atoms with van der Waals surface area (Å²) >= 11 is 0. The second-order valence-electron chi connectivity index (χ2n) is 4.14. The fourth-order valence-electron chi connectivity index (χ4n) is 1.61. The maximum Gasteiger partial charge on any atom is 0.416 e. The number of halogens is 4. The number of nitrogens with one attached hydrogen (secondary N) is 1. The van der Waals surface area contributed by atoms with Gasteiger partial charge in [0.05, 0.1) is 10.5 Å². The van der Waals surface area contributed by atoms with Gasteiger partial charge in [-0.05, 0) is 36.4 Å². The number of rotatable bonds is 3. The highest BCUT2D eigenvalue weighted by Gasteiger charge is 2.30. The molecule has 0 heterocycles. The minimum Gasteiger partial charge on any atom is -0.280 e. The summed E-state index contributed by atoms with van der Waals surface area (Å²) < 4.78 is 76.6. The average Bonchev–Trinajstić information content (AvgIpc) is 2.37. The van der Waals surface area contributed by atoms with Crippen LogP contribution in [-0.4, -0.2) is 8.42 Å². The lowest BCUT2D eigenvalue weighted by molar-refractivity contribution is -0.137. The van der Waals surface area contributed by atoms with Crippen LogP contribution >= 0.6 is 0 Å². The zero-order valence-electron chi connectivity index (χ0n) is 10.4. The zero-order valence-corrected chi connectivity index (χ0v) is 11.2. The molecular formula is C13H9F4NO2S. The lowest BCUT2D eigenvalue weighted by Crippen LogP contribution is -2.14. The molecule has 0 saturated carbocycles. The molecule has 112 valence electrons. The van der Waals surface area contributed by atoms with Crippen LogP contribution < -0.4 is 4.72 Å². The zero-order chi connectivity index (χ0) is 15.7. The van der Waals surface area contributed by atoms with Crippen molar-refractivity contribution in [1.29, 1.82) is 0 Å². The van der Waals surface area contributed by atoms with Gasteiger partial charge in [-0.2, -0.15) is 13.2 Å². The van der Waals surface area contributed by atoms with Crippen molar-refractivity contribution >= 4 is 15.7 Å². The van der Waals surface area contributed by atoms with Crippen LogP contribution in [0.4, 0.5) is 23.2 Å². The SMILES string of the molecule is O=S(=O)(Nc1cccc(C(F)(F)F)c1)c1cccc(F)c1. The highest BCUT2D eigenvalue weighted by molar-refractivity contribution is 7.92. The van der Waals surface area contributed by atoms with Crippen LogP contribution in [0.15, 0.2) is 53.4 Å². The van der Waals surface area contributed by atoms with Gasteiger partial charge in [-0.3, -0.25) is 4.72 Å². The summed E-state index contributed by atoms with van der Waals surface area (Å²) in [6.45, 7) is 0. The van der Waals surface area contributed by atoms with E-state index in [0.29, 0.717) is 6.07 Å². The first-order valence-corrected chi connectivity index (χ1v) is 7.12. The predicted octanol–water partition coefficient (Wildman–Crippen LogP) is 3.65. The number of hydrogen-bond donors (Lipinski definition) is 1. The van der Waals surface area contributed by atoms with Crippen molar-refractivity contribution in [3.63, 3.8) is 0 Å². The highest BCUT2D eigenvalue weighted by atomic mass is 32.2. The molecule has 1 N–H and O–H groups in total. The normalized spacial score (nSPS) is 12.2. The first-order chi connectivity index (χ1) is 9.68. The van der Waals surface area contributed by atoms with Crippen molar-refractivity contribution < 1.29 is 26.0 Å². The van der Waals surface area contributed by atoms with Crippen LogP contribution in [0.3, 0.4) is 0 Å². The standard InChI is InChI=1S/C13H9F4NO2S/c14-10-4-2-6-12(8-10)21(19,20)18-11-5-1-3-9(7-11)13(15,16)17/h1-8,18H. The van der Waals surface area contributed by atoms with Crippen molar-refractivity contribution in [2.45, 2.75) is 11.1 Å². The van der Waals surface area contributed by atoms with Crippen LogP contribution in [0.25, 0.3) is 0 Å². The molecule has 0 radical (unpaired) electrons. The molecular weight excluding hydrogens is 310 g/mol. The van der Waals surface area contributed by atoms with Crippen LogP contribution in [0, 0.1) is 5.82 Å². The summed E-state index contributed by atoms with van der Waals surface area (Å²) in [6.07, 6.45) is -4.58. The Balaban J connectivity index is 2.33. The molecule has 0 bridgehead atoms. The summed E-state index contributed by atoms with van der Waals surface area (Å²) in [4.78, 5) is -0.375. The Morgan fingerprint density at radius 1 is 0.952 bits per heavy atom. The Morgan fingerprint density at radius 3 is 2.24 bits per heavy atom. The van der Waals surface area contributed by atoms with Gasteiger partial charge >= 0.3 is 6.18 Å². The Bertz CT molecular complexity index is 757. The number of alkyl halides is 3. The van der Waals surface area contributed by atoms with Crippen LogP contribution in [0.5, 0.6) is 0 Å². The molecule has 2 aromatic carbocycles. The summed E-state index contributed by atoms with van der Waals surface area (Å²) in [7, 11) is -4.16. The van der Waals surface area contributed by atoms with Crippen molar-refractivity contribution in [2.75, 3.05) is 4.72 Å². The fourth-order valence-corrected chi connectivity index (χ4v) is 2.69. The first-order valence-electron chi connectivity index (χ1n) is 5.64. The third-order valence-electron chi connectivity index (χ3n) is 2.55. The Labute approximate surface area is 118 Å². The molecule has 0 aliphatic rings. The number of hydrogen-bond acceptors (Lipinski definition) is 2. The Morgan fingerprint density at radius 2 is 1.62 bits per heavy atom. The van der Waals surface area contributed by atoms with Crippen molar-refractivity contribution in [3.05, 3.63) is 59.9 Å². The maximum atomic E-state index is 13.0. The molecule has 0 atom stereocenters. The molecule has 0 amide bonds.